The summed E-state index contributed by atoms with van der Waals surface area (Å²) in [6, 6.07) is 12.7. The molecule has 1 N–H and O–H groups in total. The topological polar surface area (TPSA) is 27.4 Å². The predicted octanol–water partition coefficient (Wildman–Crippen LogP) is 0.128. The average Bonchev–Trinajstić information content (AvgIpc) is 2.83. The first-order valence-corrected chi connectivity index (χ1v) is 8.26. The van der Waals surface area contributed by atoms with Crippen LogP contribution in [0.25, 0.3) is 6.08 Å². The number of hydrogen-bond acceptors (Lipinski definition) is 3. The van der Waals surface area contributed by atoms with E-state index in [4.69, 9.17) is 0 Å². The van der Waals surface area contributed by atoms with Crippen LogP contribution in [-0.2, 0) is 6.54 Å². The predicted molar refractivity (Wildman–Crippen MR) is 91.9 cm³/mol. The van der Waals surface area contributed by atoms with E-state index < -0.39 is 0 Å². The molecule has 1 aliphatic rings. The van der Waals surface area contributed by atoms with E-state index in [0.29, 0.717) is 6.54 Å². The zero-order valence-electron chi connectivity index (χ0n) is 13.6. The number of anilines is 1. The van der Waals surface area contributed by atoms with Gasteiger partial charge in [0.2, 0.25) is 5.69 Å². The van der Waals surface area contributed by atoms with Crippen molar-refractivity contribution < 1.29 is 33.7 Å². The number of pyridine rings is 1. The maximum atomic E-state index is 9.36. The Morgan fingerprint density at radius 3 is 2.61 bits per heavy atom. The van der Waals surface area contributed by atoms with Gasteiger partial charge in [0.05, 0.1) is 10.7 Å². The number of thioether (sulfide) groups is 1. The van der Waals surface area contributed by atoms with Crippen LogP contribution in [0.5, 0.6) is 0 Å². The van der Waals surface area contributed by atoms with Gasteiger partial charge in [0.25, 0.3) is 0 Å². The molecule has 0 spiro atoms. The third-order valence-electron chi connectivity index (χ3n) is 4.16. The van der Waals surface area contributed by atoms with Gasteiger partial charge in [-0.15, -0.1) is 0 Å². The van der Waals surface area contributed by atoms with E-state index in [2.05, 4.69) is 72.8 Å². The molecular weight excluding hydrogens is 419 g/mol. The number of aliphatic hydroxyl groups excluding tert-OH is 1. The monoisotopic (exact) mass is 440 g/mol. The summed E-state index contributed by atoms with van der Waals surface area (Å²) in [5.41, 5.74) is 4.81. The number of aryl methyl sites for hydroxylation is 1. The number of halogens is 1. The summed E-state index contributed by atoms with van der Waals surface area (Å²) in [7, 11) is 2.10. The minimum atomic E-state index is 0. The van der Waals surface area contributed by atoms with Crippen LogP contribution in [0.4, 0.5) is 5.69 Å². The molecule has 5 heteroatoms. The third kappa shape index (κ3) is 3.56. The van der Waals surface area contributed by atoms with Gasteiger partial charge < -0.3 is 34.0 Å². The van der Waals surface area contributed by atoms with Crippen LogP contribution < -0.4 is 33.4 Å². The molecule has 0 saturated heterocycles. The molecule has 0 radical (unpaired) electrons. The molecule has 1 aromatic heterocycles. The first-order valence-electron chi connectivity index (χ1n) is 7.45. The Kier molecular flexibility index (Phi) is 6.11. The highest BCUT2D eigenvalue weighted by Crippen LogP contribution is 2.45. The number of para-hydroxylation sites is 1. The van der Waals surface area contributed by atoms with Crippen molar-refractivity contribution in [3.8, 4) is 0 Å². The van der Waals surface area contributed by atoms with E-state index in [9.17, 15) is 5.11 Å². The van der Waals surface area contributed by atoms with Gasteiger partial charge in [-0.25, -0.2) is 0 Å². The molecule has 1 aromatic carbocycles. The zero-order valence-corrected chi connectivity index (χ0v) is 16.6. The van der Waals surface area contributed by atoms with Crippen molar-refractivity contribution in [3.63, 3.8) is 0 Å². The van der Waals surface area contributed by atoms with Gasteiger partial charge in [0, 0.05) is 36.6 Å². The average molecular weight is 440 g/mol. The zero-order chi connectivity index (χ0) is 15.7. The molecule has 3 nitrogen and oxygen atoms in total. The Morgan fingerprint density at radius 2 is 1.91 bits per heavy atom. The number of hydrogen-bond donors (Lipinski definition) is 1. The molecule has 0 fully saturated rings. The Hall–Kier alpha value is -1.05. The Labute approximate surface area is 159 Å². The lowest BCUT2D eigenvalue weighted by Crippen LogP contribution is -3.00. The fourth-order valence-corrected chi connectivity index (χ4v) is 3.82. The van der Waals surface area contributed by atoms with Crippen LogP contribution in [0.1, 0.15) is 17.0 Å². The first-order chi connectivity index (χ1) is 10.6. The van der Waals surface area contributed by atoms with Crippen LogP contribution in [0.3, 0.4) is 0 Å². The van der Waals surface area contributed by atoms with Crippen molar-refractivity contribution in [1.29, 1.82) is 0 Å². The maximum absolute atomic E-state index is 9.36. The van der Waals surface area contributed by atoms with Gasteiger partial charge in [-0.2, -0.15) is 4.57 Å². The number of aliphatic hydroxyl groups is 1. The minimum absolute atomic E-state index is 0. The Bertz CT molecular complexity index is 746. The summed E-state index contributed by atoms with van der Waals surface area (Å²) < 4.78 is 2.18. The molecule has 1 aliphatic heterocycles. The van der Waals surface area contributed by atoms with Crippen LogP contribution in [0.2, 0.25) is 0 Å². The molecular formula is C18H21IN2OS. The second-order valence-electron chi connectivity index (χ2n) is 5.51. The van der Waals surface area contributed by atoms with Crippen molar-refractivity contribution in [1.82, 2.24) is 0 Å². The van der Waals surface area contributed by atoms with Crippen LogP contribution in [0.15, 0.2) is 46.3 Å². The number of fused-ring (bicyclic) bond motifs is 1. The molecule has 2 heterocycles. The summed E-state index contributed by atoms with van der Waals surface area (Å²) in [5.74, 6) is 0. The molecule has 0 amide bonds. The Morgan fingerprint density at radius 1 is 1.17 bits per heavy atom. The molecule has 0 aliphatic carbocycles. The number of nitrogens with zero attached hydrogens (tertiary/aromatic N) is 2. The first kappa shape index (κ1) is 18.3. The van der Waals surface area contributed by atoms with Gasteiger partial charge in [0.1, 0.15) is 6.61 Å². The lowest BCUT2D eigenvalue weighted by atomic mass is 10.2. The van der Waals surface area contributed by atoms with Gasteiger partial charge in [-0.3, -0.25) is 0 Å². The second kappa shape index (κ2) is 7.68. The molecule has 2 aromatic rings. The summed E-state index contributed by atoms with van der Waals surface area (Å²) >= 11 is 1.79. The molecule has 3 rings (SSSR count). The van der Waals surface area contributed by atoms with Crippen LogP contribution in [-0.4, -0.2) is 18.8 Å². The van der Waals surface area contributed by atoms with Crippen molar-refractivity contribution >= 4 is 23.5 Å². The lowest BCUT2D eigenvalue weighted by Gasteiger charge is -2.13. The van der Waals surface area contributed by atoms with E-state index >= 15 is 0 Å². The van der Waals surface area contributed by atoms with Crippen molar-refractivity contribution in [3.05, 3.63) is 58.4 Å². The summed E-state index contributed by atoms with van der Waals surface area (Å²) in [6.45, 7) is 4.97. The molecule has 0 unspecified atom stereocenters. The second-order valence-corrected chi connectivity index (χ2v) is 6.58. The largest absolute Gasteiger partial charge is 1.00 e. The smallest absolute Gasteiger partial charge is 0.208 e. The highest BCUT2D eigenvalue weighted by atomic mass is 127. The van der Waals surface area contributed by atoms with Crippen LogP contribution >= 0.6 is 11.8 Å². The van der Waals surface area contributed by atoms with Crippen molar-refractivity contribution in [2.24, 2.45) is 0 Å². The normalized spacial score (nSPS) is 14.8. The van der Waals surface area contributed by atoms with Gasteiger partial charge in [-0.1, -0.05) is 23.9 Å². The van der Waals surface area contributed by atoms with E-state index in [1.54, 1.807) is 11.8 Å². The third-order valence-corrected chi connectivity index (χ3v) is 5.32. The molecule has 23 heavy (non-hydrogen) atoms. The fraction of sp³-hybridized carbons (Fsp3) is 0.278. The molecule has 0 saturated carbocycles. The number of aromatic nitrogens is 1. The maximum Gasteiger partial charge on any atom is 0.208 e. The van der Waals surface area contributed by atoms with Gasteiger partial charge in [-0.05, 0) is 25.1 Å². The molecule has 122 valence electrons. The van der Waals surface area contributed by atoms with Gasteiger partial charge >= 0.3 is 0 Å². The molecule has 0 atom stereocenters. The quantitative estimate of drug-likeness (QED) is 0.543. The van der Waals surface area contributed by atoms with E-state index in [1.807, 2.05) is 0 Å². The highest BCUT2D eigenvalue weighted by molar-refractivity contribution is 8.03. The standard InChI is InChI=1S/C18H21N2OS.HI/c1-13-8-9-15(20(10-11-21)14(13)2)12-18-19(3)16-6-4-5-7-17(16)22-18;/h4-9,12,21H,10-11H2,1-3H3;1H/q+1;/p-1. The summed E-state index contributed by atoms with van der Waals surface area (Å²) in [5, 5.41) is 10.6. The van der Waals surface area contributed by atoms with E-state index in [1.165, 1.54) is 26.9 Å². The van der Waals surface area contributed by atoms with Crippen molar-refractivity contribution in [2.75, 3.05) is 18.6 Å². The van der Waals surface area contributed by atoms with E-state index in [-0.39, 0.29) is 30.6 Å². The highest BCUT2D eigenvalue weighted by Gasteiger charge is 2.23. The number of benzene rings is 1. The van der Waals surface area contributed by atoms with Crippen molar-refractivity contribution in [2.45, 2.75) is 25.3 Å². The number of rotatable bonds is 3. The van der Waals surface area contributed by atoms with Gasteiger partial charge in [0.15, 0.2) is 12.2 Å². The minimum Gasteiger partial charge on any atom is -1.00 e. The van der Waals surface area contributed by atoms with Crippen LogP contribution in [0, 0.1) is 13.8 Å². The Balaban J connectivity index is 0.00000192. The fourth-order valence-electron chi connectivity index (χ4n) is 2.72. The summed E-state index contributed by atoms with van der Waals surface area (Å²) in [4.78, 5) is 3.51. The van der Waals surface area contributed by atoms with E-state index in [0.717, 1.165) is 5.69 Å². The molecule has 0 bridgehead atoms. The summed E-state index contributed by atoms with van der Waals surface area (Å²) in [6.07, 6.45) is 2.20. The lowest BCUT2D eigenvalue weighted by molar-refractivity contribution is -0.705. The SMILES string of the molecule is Cc1ccc(/C=C2\Sc3ccccc3N2C)[n+](CCO)c1C.[I-].